The summed E-state index contributed by atoms with van der Waals surface area (Å²) in [7, 11) is 0. The van der Waals surface area contributed by atoms with Crippen LogP contribution in [0.2, 0.25) is 0 Å². The summed E-state index contributed by atoms with van der Waals surface area (Å²) in [6.45, 7) is 1.94. The number of nitrogens with zero attached hydrogens (tertiary/aromatic N) is 2. The number of hydrogen-bond acceptors (Lipinski definition) is 5. The van der Waals surface area contributed by atoms with E-state index in [4.69, 9.17) is 10.3 Å². The Kier molecular flexibility index (Phi) is 4.17. The van der Waals surface area contributed by atoms with Gasteiger partial charge in [-0.25, -0.2) is 0 Å². The van der Waals surface area contributed by atoms with E-state index < -0.39 is 23.5 Å². The molecule has 0 amide bonds. The van der Waals surface area contributed by atoms with Crippen LogP contribution in [0.15, 0.2) is 22.7 Å². The van der Waals surface area contributed by atoms with Gasteiger partial charge in [0.2, 0.25) is 11.7 Å². The normalized spacial score (nSPS) is 13.4. The molecule has 0 aliphatic heterocycles. The molecule has 1 heterocycles. The number of phenols is 1. The van der Waals surface area contributed by atoms with Gasteiger partial charge >= 0.3 is 6.18 Å². The molecule has 0 bridgehead atoms. The molecule has 0 spiro atoms. The minimum Gasteiger partial charge on any atom is -0.507 e. The smallest absolute Gasteiger partial charge is 0.419 e. The van der Waals surface area contributed by atoms with Crippen LogP contribution >= 0.6 is 0 Å². The van der Waals surface area contributed by atoms with E-state index >= 15 is 0 Å². The first-order valence-corrected chi connectivity index (χ1v) is 6.32. The van der Waals surface area contributed by atoms with Gasteiger partial charge in [-0.2, -0.15) is 18.2 Å². The van der Waals surface area contributed by atoms with Gasteiger partial charge in [-0.15, -0.1) is 0 Å². The second-order valence-electron chi connectivity index (χ2n) is 4.58. The highest BCUT2D eigenvalue weighted by atomic mass is 19.4. The second-order valence-corrected chi connectivity index (χ2v) is 4.58. The fourth-order valence-corrected chi connectivity index (χ4v) is 1.84. The number of alkyl halides is 3. The van der Waals surface area contributed by atoms with Crippen molar-refractivity contribution >= 4 is 0 Å². The third-order valence-corrected chi connectivity index (χ3v) is 2.92. The van der Waals surface area contributed by atoms with E-state index in [0.717, 1.165) is 18.6 Å². The van der Waals surface area contributed by atoms with Crippen molar-refractivity contribution in [3.05, 3.63) is 29.7 Å². The molecule has 0 fully saturated rings. The molecule has 0 aliphatic rings. The molecule has 0 unspecified atom stereocenters. The lowest BCUT2D eigenvalue weighted by atomic mass is 10.1. The molecule has 1 aromatic carbocycles. The van der Waals surface area contributed by atoms with Crippen molar-refractivity contribution in [2.45, 2.75) is 32.0 Å². The molecular weight excluding hydrogens is 287 g/mol. The quantitative estimate of drug-likeness (QED) is 0.905. The van der Waals surface area contributed by atoms with E-state index in [-0.39, 0.29) is 17.3 Å². The molecule has 21 heavy (non-hydrogen) atoms. The SMILES string of the molecule is CCC[C@@H](N)c1nc(-c2ccc(O)c(C(F)(F)F)c2)no1. The highest BCUT2D eigenvalue weighted by Gasteiger charge is 2.34. The summed E-state index contributed by atoms with van der Waals surface area (Å²) in [5.74, 6) is -0.673. The van der Waals surface area contributed by atoms with Crippen LogP contribution in [0.1, 0.15) is 37.3 Å². The predicted octanol–water partition coefficient (Wildman–Crippen LogP) is 3.26. The molecular formula is C13H14F3N3O2. The molecule has 0 aliphatic carbocycles. The molecule has 114 valence electrons. The molecule has 0 saturated carbocycles. The summed E-state index contributed by atoms with van der Waals surface area (Å²) in [4.78, 5) is 4.00. The Balaban J connectivity index is 2.35. The molecule has 0 saturated heterocycles. The zero-order chi connectivity index (χ0) is 15.6. The Morgan fingerprint density at radius 2 is 2.10 bits per heavy atom. The molecule has 1 atom stereocenters. The van der Waals surface area contributed by atoms with Gasteiger partial charge < -0.3 is 15.4 Å². The molecule has 1 aromatic heterocycles. The molecule has 5 nitrogen and oxygen atoms in total. The number of aromatic nitrogens is 2. The first-order valence-electron chi connectivity index (χ1n) is 6.32. The summed E-state index contributed by atoms with van der Waals surface area (Å²) in [5, 5.41) is 12.9. The molecule has 3 N–H and O–H groups in total. The summed E-state index contributed by atoms with van der Waals surface area (Å²) in [6.07, 6.45) is -3.22. The Bertz CT molecular complexity index is 625. The van der Waals surface area contributed by atoms with Crippen molar-refractivity contribution in [2.75, 3.05) is 0 Å². The third kappa shape index (κ3) is 3.33. The maximum Gasteiger partial charge on any atom is 0.419 e. The third-order valence-electron chi connectivity index (χ3n) is 2.92. The van der Waals surface area contributed by atoms with Crippen molar-refractivity contribution in [3.63, 3.8) is 0 Å². The largest absolute Gasteiger partial charge is 0.507 e. The average molecular weight is 301 g/mol. The topological polar surface area (TPSA) is 85.2 Å². The Labute approximate surface area is 118 Å². The maximum absolute atomic E-state index is 12.7. The maximum atomic E-state index is 12.7. The standard InChI is InChI=1S/C13H14F3N3O2/c1-2-3-9(17)12-18-11(19-21-12)7-4-5-10(20)8(6-7)13(14,15)16/h4-6,9,20H,2-3,17H2,1H3/t9-/m1/s1. The van der Waals surface area contributed by atoms with Crippen LogP contribution in [0.3, 0.4) is 0 Å². The predicted molar refractivity (Wildman–Crippen MR) is 68.2 cm³/mol. The first kappa shape index (κ1) is 15.3. The number of benzene rings is 1. The second kappa shape index (κ2) is 5.72. The van der Waals surface area contributed by atoms with Crippen LogP contribution in [0.4, 0.5) is 13.2 Å². The average Bonchev–Trinajstić information content (AvgIpc) is 2.88. The lowest BCUT2D eigenvalue weighted by Gasteiger charge is -2.09. The zero-order valence-corrected chi connectivity index (χ0v) is 11.2. The van der Waals surface area contributed by atoms with E-state index in [1.807, 2.05) is 6.92 Å². The van der Waals surface area contributed by atoms with Gasteiger partial charge in [0.05, 0.1) is 11.6 Å². The summed E-state index contributed by atoms with van der Waals surface area (Å²) < 4.78 is 43.2. The van der Waals surface area contributed by atoms with Crippen LogP contribution in [-0.4, -0.2) is 15.2 Å². The van der Waals surface area contributed by atoms with Crippen LogP contribution in [-0.2, 0) is 6.18 Å². The van der Waals surface area contributed by atoms with Crippen molar-refractivity contribution in [1.29, 1.82) is 0 Å². The van der Waals surface area contributed by atoms with E-state index in [2.05, 4.69) is 10.1 Å². The zero-order valence-electron chi connectivity index (χ0n) is 11.2. The molecule has 2 aromatic rings. The van der Waals surface area contributed by atoms with Gasteiger partial charge in [0, 0.05) is 5.56 Å². The van der Waals surface area contributed by atoms with Gasteiger partial charge in [0.15, 0.2) is 0 Å². The number of phenolic OH excluding ortho intramolecular Hbond substituents is 1. The van der Waals surface area contributed by atoms with Crippen molar-refractivity contribution in [2.24, 2.45) is 5.73 Å². The molecule has 2 rings (SSSR count). The van der Waals surface area contributed by atoms with E-state index in [9.17, 15) is 18.3 Å². The van der Waals surface area contributed by atoms with E-state index in [1.165, 1.54) is 6.07 Å². The fourth-order valence-electron chi connectivity index (χ4n) is 1.84. The highest BCUT2D eigenvalue weighted by molar-refractivity contribution is 5.58. The molecule has 8 heteroatoms. The van der Waals surface area contributed by atoms with Crippen molar-refractivity contribution in [3.8, 4) is 17.1 Å². The first-order chi connectivity index (χ1) is 9.82. The Morgan fingerprint density at radius 3 is 2.71 bits per heavy atom. The minimum absolute atomic E-state index is 0.00190. The number of rotatable bonds is 4. The van der Waals surface area contributed by atoms with Crippen molar-refractivity contribution < 1.29 is 22.8 Å². The number of nitrogens with two attached hydrogens (primary N) is 1. The summed E-state index contributed by atoms with van der Waals surface area (Å²) in [6, 6.07) is 2.55. The monoisotopic (exact) mass is 301 g/mol. The van der Waals surface area contributed by atoms with Crippen LogP contribution in [0.5, 0.6) is 5.75 Å². The Morgan fingerprint density at radius 1 is 1.38 bits per heavy atom. The summed E-state index contributed by atoms with van der Waals surface area (Å²) >= 11 is 0. The van der Waals surface area contributed by atoms with E-state index in [1.54, 1.807) is 0 Å². The van der Waals surface area contributed by atoms with Crippen LogP contribution < -0.4 is 5.73 Å². The van der Waals surface area contributed by atoms with Gasteiger partial charge in [-0.1, -0.05) is 18.5 Å². The van der Waals surface area contributed by atoms with Crippen molar-refractivity contribution in [1.82, 2.24) is 10.1 Å². The van der Waals surface area contributed by atoms with Crippen LogP contribution in [0.25, 0.3) is 11.4 Å². The minimum atomic E-state index is -4.66. The number of hydrogen-bond donors (Lipinski definition) is 2. The van der Waals surface area contributed by atoms with Crippen LogP contribution in [0, 0.1) is 0 Å². The lowest BCUT2D eigenvalue weighted by Crippen LogP contribution is -2.10. The lowest BCUT2D eigenvalue weighted by molar-refractivity contribution is -0.138. The van der Waals surface area contributed by atoms with E-state index in [0.29, 0.717) is 6.42 Å². The number of halogens is 3. The van der Waals surface area contributed by atoms with Gasteiger partial charge in [-0.05, 0) is 24.6 Å². The number of aromatic hydroxyl groups is 1. The van der Waals surface area contributed by atoms with Gasteiger partial charge in [0.25, 0.3) is 0 Å². The molecule has 0 radical (unpaired) electrons. The van der Waals surface area contributed by atoms with Gasteiger partial charge in [0.1, 0.15) is 5.75 Å². The highest BCUT2D eigenvalue weighted by Crippen LogP contribution is 2.37. The van der Waals surface area contributed by atoms with Gasteiger partial charge in [-0.3, -0.25) is 0 Å². The fraction of sp³-hybridized carbons (Fsp3) is 0.385. The summed E-state index contributed by atoms with van der Waals surface area (Å²) in [5.41, 5.74) is 4.75. The Hall–Kier alpha value is -2.09.